The first-order chi connectivity index (χ1) is 25.3. The van der Waals surface area contributed by atoms with E-state index < -0.39 is 0 Å². The third-order valence-electron chi connectivity index (χ3n) is 9.00. The highest BCUT2D eigenvalue weighted by Crippen LogP contribution is 2.30. The SMILES string of the molecule is Cc1cccc(-c2nc(-c3ccc(-c4ccc(-c5nc(-c6cccc(C)c6)nc(-c6cccc(C)c6)n5)cc4)cc3)nc(-c3cccc(C)c3)n2)c1. The first-order valence-corrected chi connectivity index (χ1v) is 17.4. The lowest BCUT2D eigenvalue weighted by Crippen LogP contribution is -2.00. The fourth-order valence-corrected chi connectivity index (χ4v) is 6.29. The molecule has 0 radical (unpaired) electrons. The van der Waals surface area contributed by atoms with Crippen molar-refractivity contribution in [2.24, 2.45) is 0 Å². The number of aromatic nitrogens is 6. The monoisotopic (exact) mass is 672 g/mol. The van der Waals surface area contributed by atoms with Gasteiger partial charge in [0.05, 0.1) is 0 Å². The summed E-state index contributed by atoms with van der Waals surface area (Å²) in [6.45, 7) is 8.31. The van der Waals surface area contributed by atoms with Crippen LogP contribution in [0.1, 0.15) is 22.3 Å². The topological polar surface area (TPSA) is 77.3 Å². The molecule has 0 unspecified atom stereocenters. The van der Waals surface area contributed by atoms with E-state index in [-0.39, 0.29) is 0 Å². The number of hydrogen-bond acceptors (Lipinski definition) is 6. The van der Waals surface area contributed by atoms with Gasteiger partial charge >= 0.3 is 0 Å². The minimum atomic E-state index is 0.633. The number of nitrogens with zero attached hydrogens (tertiary/aromatic N) is 6. The van der Waals surface area contributed by atoms with Crippen molar-refractivity contribution in [2.45, 2.75) is 27.7 Å². The molecule has 6 heteroatoms. The Morgan fingerprint density at radius 2 is 0.442 bits per heavy atom. The number of rotatable bonds is 7. The Balaban J connectivity index is 1.12. The summed E-state index contributed by atoms with van der Waals surface area (Å²) in [6, 6.07) is 49.8. The maximum absolute atomic E-state index is 4.94. The average molecular weight is 673 g/mol. The molecule has 6 aromatic carbocycles. The molecular formula is C46H36N6. The third-order valence-corrected chi connectivity index (χ3v) is 9.00. The lowest BCUT2D eigenvalue weighted by Gasteiger charge is -2.11. The van der Waals surface area contributed by atoms with Crippen LogP contribution in [0.15, 0.2) is 146 Å². The van der Waals surface area contributed by atoms with E-state index in [9.17, 15) is 0 Å². The van der Waals surface area contributed by atoms with Crippen molar-refractivity contribution in [2.75, 3.05) is 0 Å². The van der Waals surface area contributed by atoms with Gasteiger partial charge in [-0.3, -0.25) is 0 Å². The predicted octanol–water partition coefficient (Wildman–Crippen LogP) is 11.0. The molecule has 6 nitrogen and oxygen atoms in total. The molecule has 0 saturated carbocycles. The maximum Gasteiger partial charge on any atom is 0.164 e. The van der Waals surface area contributed by atoms with Gasteiger partial charge in [-0.1, -0.05) is 144 Å². The molecule has 2 aromatic heterocycles. The molecule has 250 valence electrons. The zero-order valence-corrected chi connectivity index (χ0v) is 29.5. The van der Waals surface area contributed by atoms with Crippen molar-refractivity contribution >= 4 is 0 Å². The molecule has 0 aliphatic heterocycles. The summed E-state index contributed by atoms with van der Waals surface area (Å²) in [5.41, 5.74) is 12.5. The van der Waals surface area contributed by atoms with Crippen molar-refractivity contribution in [3.05, 3.63) is 168 Å². The molecule has 0 saturated heterocycles. The maximum atomic E-state index is 4.94. The highest BCUT2D eigenvalue weighted by Gasteiger charge is 2.15. The standard InChI is InChI=1S/C46H36N6/c1-29-9-5-13-37(25-29)43-47-41(48-44(51-43)38-14-6-10-30(2)26-38)35-21-17-33(18-22-35)34-19-23-36(24-20-34)42-49-45(39-15-7-11-31(3)27-39)52-46(50-42)40-16-8-12-32(4)28-40/h5-28H,1-4H3. The number of hydrogen-bond donors (Lipinski definition) is 0. The number of benzene rings is 6. The molecule has 0 amide bonds. The van der Waals surface area contributed by atoms with Crippen LogP contribution in [0.4, 0.5) is 0 Å². The van der Waals surface area contributed by atoms with Gasteiger partial charge in [-0.2, -0.15) is 0 Å². The fourth-order valence-electron chi connectivity index (χ4n) is 6.29. The lowest BCUT2D eigenvalue weighted by atomic mass is 10.0. The average Bonchev–Trinajstić information content (AvgIpc) is 3.18. The van der Waals surface area contributed by atoms with Gasteiger partial charge in [-0.05, 0) is 63.1 Å². The van der Waals surface area contributed by atoms with Crippen molar-refractivity contribution < 1.29 is 0 Å². The van der Waals surface area contributed by atoms with Gasteiger partial charge < -0.3 is 0 Å². The summed E-state index contributed by atoms with van der Waals surface area (Å²) in [4.78, 5) is 29.5. The summed E-state index contributed by atoms with van der Waals surface area (Å²) in [5.74, 6) is 3.87. The Labute approximate surface area is 304 Å². The van der Waals surface area contributed by atoms with Crippen LogP contribution in [-0.4, -0.2) is 29.9 Å². The van der Waals surface area contributed by atoms with E-state index in [1.54, 1.807) is 0 Å². The van der Waals surface area contributed by atoms with Gasteiger partial charge in [0.2, 0.25) is 0 Å². The molecule has 0 atom stereocenters. The Kier molecular flexibility index (Phi) is 8.71. The quantitative estimate of drug-likeness (QED) is 0.168. The highest BCUT2D eigenvalue weighted by atomic mass is 15.0. The second kappa shape index (κ2) is 13.9. The van der Waals surface area contributed by atoms with Crippen LogP contribution < -0.4 is 0 Å². The lowest BCUT2D eigenvalue weighted by molar-refractivity contribution is 1.07. The normalized spacial score (nSPS) is 11.1. The molecule has 0 bridgehead atoms. The van der Waals surface area contributed by atoms with E-state index in [2.05, 4.69) is 125 Å². The van der Waals surface area contributed by atoms with E-state index in [0.29, 0.717) is 34.9 Å². The van der Waals surface area contributed by atoms with Gasteiger partial charge in [-0.25, -0.2) is 29.9 Å². The molecule has 8 rings (SSSR count). The molecule has 0 N–H and O–H groups in total. The van der Waals surface area contributed by atoms with Gasteiger partial charge in [0.1, 0.15) is 0 Å². The summed E-state index contributed by atoms with van der Waals surface area (Å²) < 4.78 is 0. The smallest absolute Gasteiger partial charge is 0.164 e. The second-order valence-electron chi connectivity index (χ2n) is 13.2. The zero-order valence-electron chi connectivity index (χ0n) is 29.5. The first-order valence-electron chi connectivity index (χ1n) is 17.4. The summed E-state index contributed by atoms with van der Waals surface area (Å²) in [5, 5.41) is 0. The van der Waals surface area contributed by atoms with Crippen molar-refractivity contribution in [1.29, 1.82) is 0 Å². The Bertz CT molecular complexity index is 2250. The fraction of sp³-hybridized carbons (Fsp3) is 0.0870. The van der Waals surface area contributed by atoms with E-state index in [4.69, 9.17) is 29.9 Å². The molecule has 8 aromatic rings. The van der Waals surface area contributed by atoms with E-state index in [1.807, 2.05) is 48.5 Å². The van der Waals surface area contributed by atoms with Crippen molar-refractivity contribution in [3.63, 3.8) is 0 Å². The Morgan fingerprint density at radius 1 is 0.231 bits per heavy atom. The zero-order chi connectivity index (χ0) is 35.6. The van der Waals surface area contributed by atoms with Crippen LogP contribution in [0.2, 0.25) is 0 Å². The predicted molar refractivity (Wildman–Crippen MR) is 210 cm³/mol. The molecule has 0 aliphatic carbocycles. The van der Waals surface area contributed by atoms with Crippen LogP contribution in [0.5, 0.6) is 0 Å². The molecule has 0 aliphatic rings. The van der Waals surface area contributed by atoms with Crippen LogP contribution in [0, 0.1) is 27.7 Å². The molecule has 0 spiro atoms. The van der Waals surface area contributed by atoms with Crippen molar-refractivity contribution in [3.8, 4) is 79.5 Å². The largest absolute Gasteiger partial charge is 0.208 e. The minimum Gasteiger partial charge on any atom is -0.208 e. The molecule has 0 fully saturated rings. The summed E-state index contributed by atoms with van der Waals surface area (Å²) >= 11 is 0. The molecule has 52 heavy (non-hydrogen) atoms. The summed E-state index contributed by atoms with van der Waals surface area (Å²) in [6.07, 6.45) is 0. The third kappa shape index (κ3) is 7.00. The second-order valence-corrected chi connectivity index (χ2v) is 13.2. The summed E-state index contributed by atoms with van der Waals surface area (Å²) in [7, 11) is 0. The van der Waals surface area contributed by atoms with Crippen LogP contribution in [0.25, 0.3) is 79.5 Å². The van der Waals surface area contributed by atoms with Gasteiger partial charge in [-0.15, -0.1) is 0 Å². The van der Waals surface area contributed by atoms with Gasteiger partial charge in [0, 0.05) is 33.4 Å². The van der Waals surface area contributed by atoms with E-state index in [1.165, 1.54) is 0 Å². The number of aryl methyl sites for hydroxylation is 4. The molecular weight excluding hydrogens is 637 g/mol. The van der Waals surface area contributed by atoms with Crippen LogP contribution in [0.3, 0.4) is 0 Å². The minimum absolute atomic E-state index is 0.633. The van der Waals surface area contributed by atoms with Crippen molar-refractivity contribution in [1.82, 2.24) is 29.9 Å². The van der Waals surface area contributed by atoms with E-state index >= 15 is 0 Å². The van der Waals surface area contributed by atoms with Crippen LogP contribution in [-0.2, 0) is 0 Å². The Hall–Kier alpha value is -6.66. The van der Waals surface area contributed by atoms with Gasteiger partial charge in [0.25, 0.3) is 0 Å². The van der Waals surface area contributed by atoms with E-state index in [0.717, 1.165) is 66.8 Å². The first kappa shape index (κ1) is 32.5. The van der Waals surface area contributed by atoms with Gasteiger partial charge in [0.15, 0.2) is 34.9 Å². The molecule has 2 heterocycles. The Morgan fingerprint density at radius 3 is 0.673 bits per heavy atom. The van der Waals surface area contributed by atoms with Crippen LogP contribution >= 0.6 is 0 Å². The highest BCUT2D eigenvalue weighted by molar-refractivity contribution is 5.73.